The van der Waals surface area contributed by atoms with Crippen LogP contribution in [0.5, 0.6) is 5.75 Å². The number of urea groups is 1. The van der Waals surface area contributed by atoms with Gasteiger partial charge in [-0.15, -0.1) is 0 Å². The zero-order chi connectivity index (χ0) is 24.7. The van der Waals surface area contributed by atoms with Crippen molar-refractivity contribution in [3.63, 3.8) is 0 Å². The van der Waals surface area contributed by atoms with Crippen molar-refractivity contribution in [3.8, 4) is 5.75 Å². The maximum atomic E-state index is 14.6. The van der Waals surface area contributed by atoms with Gasteiger partial charge in [0, 0.05) is 73.9 Å². The van der Waals surface area contributed by atoms with Crippen LogP contribution in [0.3, 0.4) is 0 Å². The van der Waals surface area contributed by atoms with Gasteiger partial charge in [0.15, 0.2) is 0 Å². The molecular weight excluding hydrogens is 447 g/mol. The summed E-state index contributed by atoms with van der Waals surface area (Å²) in [6.45, 7) is 2.31. The number of fused-ring (bicyclic) bond motifs is 4. The van der Waals surface area contributed by atoms with E-state index >= 15 is 0 Å². The summed E-state index contributed by atoms with van der Waals surface area (Å²) >= 11 is 0. The number of aliphatic hydroxyl groups is 1. The van der Waals surface area contributed by atoms with E-state index in [9.17, 15) is 14.3 Å². The van der Waals surface area contributed by atoms with Crippen LogP contribution < -0.4 is 4.74 Å². The second-order valence-corrected chi connectivity index (χ2v) is 9.96. The minimum Gasteiger partial charge on any atom is -0.497 e. The quantitative estimate of drug-likeness (QED) is 0.595. The largest absolute Gasteiger partial charge is 0.497 e. The van der Waals surface area contributed by atoms with Crippen LogP contribution in [0, 0.1) is 5.82 Å². The predicted octanol–water partition coefficient (Wildman–Crippen LogP) is 3.88. The van der Waals surface area contributed by atoms with Crippen LogP contribution in [0.1, 0.15) is 35.7 Å². The summed E-state index contributed by atoms with van der Waals surface area (Å²) in [5.74, 6) is 0.525. The fourth-order valence-corrected chi connectivity index (χ4v) is 5.94. The van der Waals surface area contributed by atoms with Crippen LogP contribution in [0.2, 0.25) is 0 Å². The molecule has 1 atom stereocenters. The molecule has 0 saturated carbocycles. The minimum atomic E-state index is -0.282. The zero-order valence-corrected chi connectivity index (χ0v) is 20.6. The van der Waals surface area contributed by atoms with Crippen molar-refractivity contribution in [2.75, 3.05) is 47.4 Å². The monoisotopic (exact) mass is 480 g/mol. The number of ether oxygens (including phenoxy) is 1. The maximum absolute atomic E-state index is 14.6. The molecule has 1 spiro atoms. The fraction of sp³-hybridized carbons (Fsp3) is 0.444. The molecule has 0 aliphatic carbocycles. The SMILES string of the molecule is COc1ccc2c3c([nH]c2c1)C(CO)N(Cc1ccccc1F)CC31CCN(C(=O)N(C)C)CC1. The number of rotatable bonds is 4. The third kappa shape index (κ3) is 4.04. The van der Waals surface area contributed by atoms with Gasteiger partial charge < -0.3 is 24.6 Å². The number of amides is 2. The second kappa shape index (κ2) is 9.17. The van der Waals surface area contributed by atoms with Crippen molar-refractivity contribution < 1.29 is 19.0 Å². The Balaban J connectivity index is 1.59. The number of benzene rings is 2. The number of nitrogens with zero attached hydrogens (tertiary/aromatic N) is 3. The number of hydrogen-bond donors (Lipinski definition) is 2. The standard InChI is InChI=1S/C27H33FN4O3/c1-30(2)26(34)31-12-10-27(11-13-31)17-32(15-18-6-4-5-7-21(18)28)23(16-33)25-24(27)20-9-8-19(35-3)14-22(20)29-25/h4-9,14,23,29,33H,10-13,15-17H2,1-3H3. The van der Waals surface area contributed by atoms with Gasteiger partial charge in [0.05, 0.1) is 19.8 Å². The highest BCUT2D eigenvalue weighted by Crippen LogP contribution is 2.49. The van der Waals surface area contributed by atoms with Gasteiger partial charge in [0.1, 0.15) is 11.6 Å². The van der Waals surface area contributed by atoms with Gasteiger partial charge in [0.2, 0.25) is 0 Å². The Morgan fingerprint density at radius 1 is 1.23 bits per heavy atom. The van der Waals surface area contributed by atoms with E-state index in [1.807, 2.05) is 23.1 Å². The average molecular weight is 481 g/mol. The zero-order valence-electron chi connectivity index (χ0n) is 20.6. The minimum absolute atomic E-state index is 0.0241. The molecule has 3 aromatic rings. The smallest absolute Gasteiger partial charge is 0.319 e. The van der Waals surface area contributed by atoms with Crippen LogP contribution in [0.15, 0.2) is 42.5 Å². The van der Waals surface area contributed by atoms with Crippen molar-refractivity contribution in [2.45, 2.75) is 30.8 Å². The van der Waals surface area contributed by atoms with Crippen molar-refractivity contribution in [2.24, 2.45) is 0 Å². The molecule has 2 N–H and O–H groups in total. The van der Waals surface area contributed by atoms with Gasteiger partial charge in [-0.25, -0.2) is 9.18 Å². The average Bonchev–Trinajstić information content (AvgIpc) is 3.25. The summed E-state index contributed by atoms with van der Waals surface area (Å²) in [4.78, 5) is 21.9. The number of H-pyrrole nitrogens is 1. The van der Waals surface area contributed by atoms with Crippen LogP contribution >= 0.6 is 0 Å². The summed E-state index contributed by atoms with van der Waals surface area (Å²) in [7, 11) is 5.20. The van der Waals surface area contributed by atoms with Gasteiger partial charge >= 0.3 is 6.03 Å². The Morgan fingerprint density at radius 2 is 1.97 bits per heavy atom. The summed E-state index contributed by atoms with van der Waals surface area (Å²) in [6.07, 6.45) is 1.59. The molecule has 2 aliphatic rings. The molecule has 2 aromatic carbocycles. The van der Waals surface area contributed by atoms with Crippen LogP contribution in [0.4, 0.5) is 9.18 Å². The molecule has 7 nitrogen and oxygen atoms in total. The van der Waals surface area contributed by atoms with E-state index in [1.54, 1.807) is 38.2 Å². The van der Waals surface area contributed by atoms with Crippen LogP contribution in [-0.4, -0.2) is 78.3 Å². The van der Waals surface area contributed by atoms with E-state index in [1.165, 1.54) is 11.6 Å². The molecule has 186 valence electrons. The Morgan fingerprint density at radius 3 is 2.63 bits per heavy atom. The maximum Gasteiger partial charge on any atom is 0.319 e. The van der Waals surface area contributed by atoms with E-state index in [-0.39, 0.29) is 29.9 Å². The first-order valence-electron chi connectivity index (χ1n) is 12.1. The number of aromatic amines is 1. The van der Waals surface area contributed by atoms with E-state index in [2.05, 4.69) is 16.0 Å². The number of hydrogen-bond acceptors (Lipinski definition) is 4. The molecule has 1 saturated heterocycles. The second-order valence-electron chi connectivity index (χ2n) is 9.96. The number of methoxy groups -OCH3 is 1. The van der Waals surface area contributed by atoms with Crippen molar-refractivity contribution >= 4 is 16.9 Å². The number of carbonyl (C=O) groups excluding carboxylic acids is 1. The Labute approximate surface area is 205 Å². The number of likely N-dealkylation sites (tertiary alicyclic amines) is 1. The topological polar surface area (TPSA) is 72.0 Å². The number of aliphatic hydroxyl groups excluding tert-OH is 1. The molecule has 2 aliphatic heterocycles. The summed E-state index contributed by atoms with van der Waals surface area (Å²) < 4.78 is 20.1. The van der Waals surface area contributed by atoms with E-state index < -0.39 is 0 Å². The van der Waals surface area contributed by atoms with Gasteiger partial charge in [-0.1, -0.05) is 18.2 Å². The predicted molar refractivity (Wildman–Crippen MR) is 133 cm³/mol. The number of halogens is 1. The lowest BCUT2D eigenvalue weighted by Crippen LogP contribution is -2.55. The first kappa shape index (κ1) is 23.6. The van der Waals surface area contributed by atoms with Crippen LogP contribution in [0.25, 0.3) is 10.9 Å². The van der Waals surface area contributed by atoms with E-state index in [0.717, 1.165) is 35.2 Å². The molecular formula is C27H33FN4O3. The van der Waals surface area contributed by atoms with Gasteiger partial charge in [-0.2, -0.15) is 0 Å². The van der Waals surface area contributed by atoms with Crippen molar-refractivity contribution in [1.29, 1.82) is 0 Å². The van der Waals surface area contributed by atoms with E-state index in [4.69, 9.17) is 4.74 Å². The Bertz CT molecular complexity index is 1230. The summed E-state index contributed by atoms with van der Waals surface area (Å²) in [6, 6.07) is 12.6. The van der Waals surface area contributed by atoms with E-state index in [0.29, 0.717) is 31.7 Å². The number of aromatic nitrogens is 1. The Hall–Kier alpha value is -3.10. The number of carbonyl (C=O) groups is 1. The molecule has 2 amide bonds. The van der Waals surface area contributed by atoms with Gasteiger partial charge in [0.25, 0.3) is 0 Å². The lowest BCUT2D eigenvalue weighted by molar-refractivity contribution is 0.0459. The first-order chi connectivity index (χ1) is 16.9. The lowest BCUT2D eigenvalue weighted by Gasteiger charge is -2.50. The highest BCUT2D eigenvalue weighted by molar-refractivity contribution is 5.88. The molecule has 1 fully saturated rings. The normalized spacial score (nSPS) is 19.7. The third-order valence-electron chi connectivity index (χ3n) is 7.72. The van der Waals surface area contributed by atoms with Crippen LogP contribution in [-0.2, 0) is 12.0 Å². The molecule has 1 unspecified atom stereocenters. The third-order valence-corrected chi connectivity index (χ3v) is 7.72. The molecule has 3 heterocycles. The summed E-state index contributed by atoms with van der Waals surface area (Å²) in [5, 5.41) is 11.6. The number of nitrogens with one attached hydrogen (secondary N) is 1. The number of piperidine rings is 1. The molecule has 0 radical (unpaired) electrons. The highest BCUT2D eigenvalue weighted by atomic mass is 19.1. The van der Waals surface area contributed by atoms with Crippen molar-refractivity contribution in [3.05, 3.63) is 65.1 Å². The molecule has 8 heteroatoms. The molecule has 0 bridgehead atoms. The summed E-state index contributed by atoms with van der Waals surface area (Å²) in [5.41, 5.74) is 3.55. The molecule has 5 rings (SSSR count). The first-order valence-corrected chi connectivity index (χ1v) is 12.1. The fourth-order valence-electron chi connectivity index (χ4n) is 5.94. The molecule has 35 heavy (non-hydrogen) atoms. The highest BCUT2D eigenvalue weighted by Gasteiger charge is 2.48. The Kier molecular flexibility index (Phi) is 6.19. The lowest BCUT2D eigenvalue weighted by atomic mass is 9.68. The molecule has 1 aromatic heterocycles. The van der Waals surface area contributed by atoms with Gasteiger partial charge in [-0.05, 0) is 36.6 Å². The van der Waals surface area contributed by atoms with Crippen molar-refractivity contribution in [1.82, 2.24) is 19.7 Å². The van der Waals surface area contributed by atoms with Gasteiger partial charge in [-0.3, -0.25) is 4.90 Å².